The fraction of sp³-hybridized carbons (Fsp3) is 0. The Morgan fingerprint density at radius 2 is 0.910 bits per heavy atom. The molecule has 0 saturated heterocycles. The molecule has 0 unspecified atom stereocenters. The molecule has 314 valence electrons. The molecule has 0 aliphatic heterocycles. The van der Waals surface area contributed by atoms with Crippen LogP contribution in [0.1, 0.15) is 0 Å². The number of rotatable bonds is 7. The molecule has 0 atom stereocenters. The highest BCUT2D eigenvalue weighted by Crippen LogP contribution is 2.47. The molecule has 67 heavy (non-hydrogen) atoms. The van der Waals surface area contributed by atoms with Crippen molar-refractivity contribution >= 4 is 88.7 Å². The molecule has 5 nitrogen and oxygen atoms in total. The van der Waals surface area contributed by atoms with Gasteiger partial charge in [0.2, 0.25) is 5.71 Å². The largest absolute Gasteiger partial charge is 0.456 e. The second-order valence-electron chi connectivity index (χ2n) is 17.2. The number of anilines is 3. The van der Waals surface area contributed by atoms with Crippen molar-refractivity contribution in [1.82, 2.24) is 4.40 Å². The third kappa shape index (κ3) is 5.81. The van der Waals surface area contributed by atoms with Gasteiger partial charge < -0.3 is 18.2 Å². The summed E-state index contributed by atoms with van der Waals surface area (Å²) in [4.78, 5) is 2.29. The summed E-state index contributed by atoms with van der Waals surface area (Å²) in [5.41, 5.74) is 18.8. The van der Waals surface area contributed by atoms with E-state index in [2.05, 4.69) is 234 Å². The first-order valence-electron chi connectivity index (χ1n) is 22.7. The molecule has 0 fully saturated rings. The second kappa shape index (κ2) is 14.7. The van der Waals surface area contributed by atoms with Crippen molar-refractivity contribution in [3.05, 3.63) is 231 Å². The van der Waals surface area contributed by atoms with Crippen LogP contribution in [0.15, 0.2) is 244 Å². The van der Waals surface area contributed by atoms with Gasteiger partial charge >= 0.3 is 0 Å². The van der Waals surface area contributed by atoms with Crippen LogP contribution in [0.4, 0.5) is 17.1 Å². The Bertz CT molecular complexity index is 4200. The lowest BCUT2D eigenvalue weighted by Gasteiger charge is -2.25. The highest BCUT2D eigenvalue weighted by molar-refractivity contribution is 6.15. The van der Waals surface area contributed by atoms with Crippen molar-refractivity contribution in [1.29, 1.82) is 0 Å². The number of hydrogen-bond acceptors (Lipinski definition) is 4. The average molecular weight is 859 g/mol. The molecule has 0 N–H and O–H groups in total. The van der Waals surface area contributed by atoms with Gasteiger partial charge in [-0.25, -0.2) is 0 Å². The number of furan rings is 2. The molecule has 0 saturated carbocycles. The minimum atomic E-state index is 0.798. The summed E-state index contributed by atoms with van der Waals surface area (Å²) in [6.45, 7) is 0. The molecule has 4 heterocycles. The van der Waals surface area contributed by atoms with Gasteiger partial charge in [0.15, 0.2) is 11.2 Å². The molecule has 0 spiro atoms. The summed E-state index contributed by atoms with van der Waals surface area (Å²) in [6, 6.07) is 81.1. The Labute approximate surface area is 384 Å². The summed E-state index contributed by atoms with van der Waals surface area (Å²) in [5.74, 6) is 0. The Morgan fingerprint density at radius 3 is 1.70 bits per heavy atom. The maximum atomic E-state index is 7.00. The standard InChI is InChI=1S/C62H38N2O3/c1-4-15-39(16-5-1)40-29-32-44(33-30-40)63(54-27-13-25-51-50-24-12-23-47(60(50)67-61(51)54)41-17-6-2-7-18-41)45-34-36-49-48-35-31-43(37-56(48)65-57(49)38-45)46-22-14-28-55-59(46)64-53-26-11-10-21-52(53)58(62(64)66-55)42-19-8-3-9-20-42/h1-38H. The molecular weight excluding hydrogens is 821 g/mol. The molecule has 0 radical (unpaired) electrons. The minimum absolute atomic E-state index is 0.798. The Kier molecular flexibility index (Phi) is 8.21. The molecule has 0 amide bonds. The SMILES string of the molecule is c1ccc(-c2ccc(N(c3ccc4c(c3)oc3cc(-c5cccc6oc7c(-c8ccccc8)c8ccccc8n7c56)ccc34)c3cccc4c3oc3c(-c5ccccc5)cccc34)cc2)cc1. The van der Waals surface area contributed by atoms with Gasteiger partial charge in [0.05, 0.1) is 28.0 Å². The van der Waals surface area contributed by atoms with Gasteiger partial charge in [-0.3, -0.25) is 4.40 Å². The van der Waals surface area contributed by atoms with Crippen molar-refractivity contribution in [2.24, 2.45) is 0 Å². The topological polar surface area (TPSA) is 47.1 Å². The van der Waals surface area contributed by atoms with Gasteiger partial charge in [0.1, 0.15) is 16.7 Å². The summed E-state index contributed by atoms with van der Waals surface area (Å²) in [5, 5.41) is 5.39. The number of para-hydroxylation sites is 4. The van der Waals surface area contributed by atoms with E-state index in [1.165, 1.54) is 5.56 Å². The van der Waals surface area contributed by atoms with Gasteiger partial charge in [-0.2, -0.15) is 0 Å². The molecule has 5 heteroatoms. The zero-order chi connectivity index (χ0) is 44.0. The lowest BCUT2D eigenvalue weighted by Crippen LogP contribution is -2.10. The number of oxazole rings is 1. The van der Waals surface area contributed by atoms with E-state index in [1.807, 2.05) is 6.07 Å². The maximum absolute atomic E-state index is 7.00. The van der Waals surface area contributed by atoms with Crippen LogP contribution in [0.5, 0.6) is 0 Å². The fourth-order valence-electron chi connectivity index (χ4n) is 10.4. The predicted octanol–water partition coefficient (Wildman–Crippen LogP) is 17.8. The zero-order valence-corrected chi connectivity index (χ0v) is 36.1. The normalized spacial score (nSPS) is 11.9. The lowest BCUT2D eigenvalue weighted by molar-refractivity contribution is 0.658. The highest BCUT2D eigenvalue weighted by Gasteiger charge is 2.24. The first-order valence-corrected chi connectivity index (χ1v) is 22.7. The van der Waals surface area contributed by atoms with Crippen LogP contribution in [-0.2, 0) is 0 Å². The van der Waals surface area contributed by atoms with E-state index in [-0.39, 0.29) is 0 Å². The molecule has 0 aliphatic carbocycles. The fourth-order valence-corrected chi connectivity index (χ4v) is 10.4. The van der Waals surface area contributed by atoms with E-state index in [0.29, 0.717) is 0 Å². The Hall–Kier alpha value is -9.06. The molecular formula is C62H38N2O3. The van der Waals surface area contributed by atoms with Crippen molar-refractivity contribution in [2.45, 2.75) is 0 Å². The monoisotopic (exact) mass is 858 g/mol. The number of aromatic nitrogens is 1. The van der Waals surface area contributed by atoms with Crippen LogP contribution in [0.3, 0.4) is 0 Å². The van der Waals surface area contributed by atoms with E-state index in [4.69, 9.17) is 13.3 Å². The maximum Gasteiger partial charge on any atom is 0.213 e. The quantitative estimate of drug-likeness (QED) is 0.160. The van der Waals surface area contributed by atoms with E-state index >= 15 is 0 Å². The van der Waals surface area contributed by atoms with Crippen molar-refractivity contribution in [2.75, 3.05) is 4.90 Å². The van der Waals surface area contributed by atoms with Gasteiger partial charge in [-0.05, 0) is 82.4 Å². The summed E-state index contributed by atoms with van der Waals surface area (Å²) in [6.07, 6.45) is 0. The third-order valence-corrected chi connectivity index (χ3v) is 13.4. The van der Waals surface area contributed by atoms with Gasteiger partial charge in [0.25, 0.3) is 0 Å². The predicted molar refractivity (Wildman–Crippen MR) is 276 cm³/mol. The van der Waals surface area contributed by atoms with E-state index in [0.717, 1.165) is 128 Å². The first-order chi connectivity index (χ1) is 33.2. The van der Waals surface area contributed by atoms with E-state index in [9.17, 15) is 0 Å². The Balaban J connectivity index is 0.929. The summed E-state index contributed by atoms with van der Waals surface area (Å²) < 4.78 is 22.9. The molecule has 14 aromatic rings. The van der Waals surface area contributed by atoms with Gasteiger partial charge in [-0.15, -0.1) is 0 Å². The summed E-state index contributed by atoms with van der Waals surface area (Å²) in [7, 11) is 0. The van der Waals surface area contributed by atoms with Crippen LogP contribution >= 0.6 is 0 Å². The molecule has 4 aromatic heterocycles. The van der Waals surface area contributed by atoms with Crippen LogP contribution < -0.4 is 4.90 Å². The van der Waals surface area contributed by atoms with Crippen molar-refractivity contribution < 1.29 is 13.3 Å². The smallest absolute Gasteiger partial charge is 0.213 e. The van der Waals surface area contributed by atoms with E-state index < -0.39 is 0 Å². The molecule has 0 bridgehead atoms. The van der Waals surface area contributed by atoms with Gasteiger partial charge in [-0.1, -0.05) is 170 Å². The third-order valence-electron chi connectivity index (χ3n) is 13.4. The van der Waals surface area contributed by atoms with Crippen LogP contribution in [0.2, 0.25) is 0 Å². The van der Waals surface area contributed by atoms with Crippen molar-refractivity contribution in [3.8, 4) is 44.5 Å². The number of benzene rings is 10. The summed E-state index contributed by atoms with van der Waals surface area (Å²) >= 11 is 0. The molecule has 0 aliphatic rings. The Morgan fingerprint density at radius 1 is 0.328 bits per heavy atom. The van der Waals surface area contributed by atoms with Crippen LogP contribution in [0.25, 0.3) is 116 Å². The molecule has 14 rings (SSSR count). The number of hydrogen-bond donors (Lipinski definition) is 0. The van der Waals surface area contributed by atoms with Gasteiger partial charge in [0, 0.05) is 49.8 Å². The second-order valence-corrected chi connectivity index (χ2v) is 17.2. The first kappa shape index (κ1) is 37.3. The molecule has 10 aromatic carbocycles. The minimum Gasteiger partial charge on any atom is -0.456 e. The zero-order valence-electron chi connectivity index (χ0n) is 36.1. The lowest BCUT2D eigenvalue weighted by atomic mass is 10.0. The van der Waals surface area contributed by atoms with Crippen LogP contribution in [0, 0.1) is 0 Å². The van der Waals surface area contributed by atoms with Crippen LogP contribution in [-0.4, -0.2) is 4.40 Å². The highest BCUT2D eigenvalue weighted by atomic mass is 16.3. The number of fused-ring (bicyclic) bond motifs is 11. The average Bonchev–Trinajstić information content (AvgIpc) is 4.16. The van der Waals surface area contributed by atoms with E-state index in [1.54, 1.807) is 0 Å². The number of nitrogens with zero attached hydrogens (tertiary/aromatic N) is 2. The van der Waals surface area contributed by atoms with Crippen molar-refractivity contribution in [3.63, 3.8) is 0 Å².